The van der Waals surface area contributed by atoms with Crippen LogP contribution in [-0.4, -0.2) is 16.0 Å². The number of carbonyl (C=O) groups is 1. The molecule has 0 unspecified atom stereocenters. The van der Waals surface area contributed by atoms with Gasteiger partial charge in [0.1, 0.15) is 5.58 Å². The van der Waals surface area contributed by atoms with E-state index >= 15 is 0 Å². The molecule has 0 saturated heterocycles. The Balaban J connectivity index is 2.98. The molecule has 0 fully saturated rings. The summed E-state index contributed by atoms with van der Waals surface area (Å²) in [6, 6.07) is 2.51. The summed E-state index contributed by atoms with van der Waals surface area (Å²) in [5.74, 6) is -1.83. The van der Waals surface area contributed by atoms with Crippen LogP contribution in [0.1, 0.15) is 28.6 Å². The number of rotatable bonds is 3. The molecule has 0 amide bonds. The third-order valence-electron chi connectivity index (χ3n) is 3.12. The molecule has 0 aliphatic rings. The minimum atomic E-state index is -1.37. The highest BCUT2D eigenvalue weighted by Crippen LogP contribution is 2.27. The molecule has 0 aliphatic heterocycles. The Hall–Kier alpha value is -2.70. The summed E-state index contributed by atoms with van der Waals surface area (Å²) in [4.78, 5) is 33.6. The second kappa shape index (κ2) is 4.76. The van der Waals surface area contributed by atoms with E-state index in [2.05, 4.69) is 0 Å². The maximum atomic E-state index is 12.2. The number of fused-ring (bicyclic) bond motifs is 1. The molecule has 0 spiro atoms. The highest BCUT2D eigenvalue weighted by Gasteiger charge is 2.22. The molecule has 0 aliphatic carbocycles. The van der Waals surface area contributed by atoms with Crippen molar-refractivity contribution in [1.82, 2.24) is 0 Å². The van der Waals surface area contributed by atoms with E-state index in [1.54, 1.807) is 6.92 Å². The van der Waals surface area contributed by atoms with E-state index in [1.807, 2.05) is 0 Å². The van der Waals surface area contributed by atoms with Crippen LogP contribution in [0.5, 0.6) is 0 Å². The van der Waals surface area contributed by atoms with Crippen molar-refractivity contribution in [3.63, 3.8) is 0 Å². The molecule has 0 radical (unpaired) electrons. The fourth-order valence-corrected chi connectivity index (χ4v) is 2.11. The average molecular weight is 277 g/mol. The zero-order valence-corrected chi connectivity index (χ0v) is 10.8. The fraction of sp³-hybridized carbons (Fsp3) is 0.231. The van der Waals surface area contributed by atoms with Gasteiger partial charge in [0.15, 0.2) is 5.43 Å². The van der Waals surface area contributed by atoms with Gasteiger partial charge in [0.05, 0.1) is 21.4 Å². The number of carboxylic acids is 1. The molecule has 2 rings (SSSR count). The second-order valence-electron chi connectivity index (χ2n) is 4.24. The van der Waals surface area contributed by atoms with Gasteiger partial charge in [-0.2, -0.15) is 0 Å². The van der Waals surface area contributed by atoms with Crippen molar-refractivity contribution in [1.29, 1.82) is 0 Å². The first-order valence-corrected chi connectivity index (χ1v) is 5.85. The molecule has 7 heteroatoms. The zero-order chi connectivity index (χ0) is 15.0. The number of nitrogens with zero attached hydrogens (tertiary/aromatic N) is 1. The number of aromatic carboxylic acids is 1. The third kappa shape index (κ3) is 1.93. The quantitative estimate of drug-likeness (QED) is 0.680. The van der Waals surface area contributed by atoms with Gasteiger partial charge in [0.25, 0.3) is 5.69 Å². The van der Waals surface area contributed by atoms with Gasteiger partial charge in [-0.3, -0.25) is 14.9 Å². The first-order chi connectivity index (χ1) is 9.38. The van der Waals surface area contributed by atoms with Crippen LogP contribution in [0.3, 0.4) is 0 Å². The van der Waals surface area contributed by atoms with Gasteiger partial charge in [-0.15, -0.1) is 0 Å². The van der Waals surface area contributed by atoms with Gasteiger partial charge in [-0.25, -0.2) is 4.79 Å². The number of nitro groups is 1. The fourth-order valence-electron chi connectivity index (χ4n) is 2.11. The summed E-state index contributed by atoms with van der Waals surface area (Å²) in [5, 5.41) is 20.1. The maximum Gasteiger partial charge on any atom is 0.372 e. The first-order valence-electron chi connectivity index (χ1n) is 5.85. The SMILES string of the molecule is CCc1c(C(=O)O)oc2c(C)c([N+](=O)[O-])ccc2c1=O. The molecule has 7 nitrogen and oxygen atoms in total. The monoisotopic (exact) mass is 277 g/mol. The first kappa shape index (κ1) is 13.7. The van der Waals surface area contributed by atoms with E-state index in [-0.39, 0.29) is 34.2 Å². The van der Waals surface area contributed by atoms with Crippen molar-refractivity contribution in [3.05, 3.63) is 49.4 Å². The number of hydrogen-bond donors (Lipinski definition) is 1. The van der Waals surface area contributed by atoms with Crippen molar-refractivity contribution in [3.8, 4) is 0 Å². The van der Waals surface area contributed by atoms with E-state index < -0.39 is 22.1 Å². The van der Waals surface area contributed by atoms with Crippen LogP contribution in [0.2, 0.25) is 0 Å². The van der Waals surface area contributed by atoms with Gasteiger partial charge in [-0.05, 0) is 19.4 Å². The van der Waals surface area contributed by atoms with Crippen LogP contribution in [0, 0.1) is 17.0 Å². The minimum absolute atomic E-state index is 0.0539. The van der Waals surface area contributed by atoms with E-state index in [0.29, 0.717) is 0 Å². The smallest absolute Gasteiger partial charge is 0.372 e. The molecule has 0 saturated carbocycles. The predicted octanol–water partition coefficient (Wildman–Crippen LogP) is 2.27. The number of benzene rings is 1. The molecule has 2 aromatic rings. The lowest BCUT2D eigenvalue weighted by Crippen LogP contribution is -2.15. The van der Waals surface area contributed by atoms with E-state index in [4.69, 9.17) is 9.52 Å². The normalized spacial score (nSPS) is 10.7. The van der Waals surface area contributed by atoms with Crippen LogP contribution < -0.4 is 5.43 Å². The van der Waals surface area contributed by atoms with Crippen LogP contribution in [0.15, 0.2) is 21.3 Å². The van der Waals surface area contributed by atoms with Crippen LogP contribution >= 0.6 is 0 Å². The Labute approximate surface area is 112 Å². The highest BCUT2D eigenvalue weighted by atomic mass is 16.6. The van der Waals surface area contributed by atoms with Gasteiger partial charge >= 0.3 is 5.97 Å². The van der Waals surface area contributed by atoms with Crippen LogP contribution in [0.4, 0.5) is 5.69 Å². The molecule has 1 aromatic heterocycles. The van der Waals surface area contributed by atoms with Crippen molar-refractivity contribution in [2.75, 3.05) is 0 Å². The van der Waals surface area contributed by atoms with Gasteiger partial charge in [-0.1, -0.05) is 6.92 Å². The summed E-state index contributed by atoms with van der Waals surface area (Å²) in [6.45, 7) is 3.06. The summed E-state index contributed by atoms with van der Waals surface area (Å²) < 4.78 is 5.24. The molecular weight excluding hydrogens is 266 g/mol. The molecule has 0 atom stereocenters. The lowest BCUT2D eigenvalue weighted by atomic mass is 10.0. The van der Waals surface area contributed by atoms with Crippen molar-refractivity contribution in [2.24, 2.45) is 0 Å². The Bertz CT molecular complexity index is 790. The number of carboxylic acid groups (broad SMARTS) is 1. The second-order valence-corrected chi connectivity index (χ2v) is 4.24. The standard InChI is InChI=1S/C13H11NO6/c1-3-7-10(15)8-4-5-9(14(18)19)6(2)11(8)20-12(7)13(16)17/h4-5H,3H2,1-2H3,(H,16,17). The topological polar surface area (TPSA) is 111 Å². The van der Waals surface area contributed by atoms with Crippen molar-refractivity contribution >= 4 is 22.6 Å². The van der Waals surface area contributed by atoms with E-state index in [1.165, 1.54) is 19.1 Å². The highest BCUT2D eigenvalue weighted by molar-refractivity contribution is 5.91. The summed E-state index contributed by atoms with van der Waals surface area (Å²) in [6.07, 6.45) is 0.204. The summed E-state index contributed by atoms with van der Waals surface area (Å²) in [7, 11) is 0. The lowest BCUT2D eigenvalue weighted by Gasteiger charge is -2.07. The predicted molar refractivity (Wildman–Crippen MR) is 70.2 cm³/mol. The molecule has 1 heterocycles. The van der Waals surface area contributed by atoms with Crippen LogP contribution in [0.25, 0.3) is 11.0 Å². The Morgan fingerprint density at radius 2 is 2.10 bits per heavy atom. The van der Waals surface area contributed by atoms with Gasteiger partial charge in [0, 0.05) is 6.07 Å². The minimum Gasteiger partial charge on any atom is -0.475 e. The molecule has 20 heavy (non-hydrogen) atoms. The number of aryl methyl sites for hydroxylation is 1. The maximum absolute atomic E-state index is 12.2. The Morgan fingerprint density at radius 3 is 2.60 bits per heavy atom. The van der Waals surface area contributed by atoms with Gasteiger partial charge < -0.3 is 9.52 Å². The molecule has 0 bridgehead atoms. The van der Waals surface area contributed by atoms with Gasteiger partial charge in [0.2, 0.25) is 5.76 Å². The summed E-state index contributed by atoms with van der Waals surface area (Å²) >= 11 is 0. The third-order valence-corrected chi connectivity index (χ3v) is 3.12. The number of nitro benzene ring substituents is 1. The Kier molecular flexibility index (Phi) is 3.27. The largest absolute Gasteiger partial charge is 0.475 e. The van der Waals surface area contributed by atoms with Crippen LogP contribution in [-0.2, 0) is 6.42 Å². The Morgan fingerprint density at radius 1 is 1.45 bits per heavy atom. The summed E-state index contributed by atoms with van der Waals surface area (Å²) in [5.41, 5.74) is -0.558. The van der Waals surface area contributed by atoms with Crippen molar-refractivity contribution < 1.29 is 19.2 Å². The van der Waals surface area contributed by atoms with E-state index in [9.17, 15) is 19.7 Å². The molecule has 104 valence electrons. The zero-order valence-electron chi connectivity index (χ0n) is 10.8. The molecule has 1 N–H and O–H groups in total. The average Bonchev–Trinajstić information content (AvgIpc) is 2.38. The lowest BCUT2D eigenvalue weighted by molar-refractivity contribution is -0.385. The molecule has 1 aromatic carbocycles. The number of hydrogen-bond acceptors (Lipinski definition) is 5. The van der Waals surface area contributed by atoms with E-state index in [0.717, 1.165) is 0 Å². The van der Waals surface area contributed by atoms with Crippen molar-refractivity contribution in [2.45, 2.75) is 20.3 Å². The molecular formula is C13H11NO6.